The summed E-state index contributed by atoms with van der Waals surface area (Å²) in [5, 5.41) is 0. The zero-order chi connectivity index (χ0) is 8.58. The Morgan fingerprint density at radius 3 is 1.20 bits per heavy atom. The number of hydrogen-bond acceptors (Lipinski definition) is 1. The van der Waals surface area contributed by atoms with Crippen LogP contribution < -0.4 is 0 Å². The number of halogens is 6. The third-order valence-electron chi connectivity index (χ3n) is 0.515. The van der Waals surface area contributed by atoms with E-state index in [9.17, 15) is 4.79 Å². The third-order valence-corrected chi connectivity index (χ3v) is 2.82. The van der Waals surface area contributed by atoms with Gasteiger partial charge in [0.15, 0.2) is 0 Å². The molecule has 0 aromatic carbocycles. The molecule has 10 heavy (non-hydrogen) atoms. The molecule has 0 atom stereocenters. The average Bonchev–Trinajstić information content (AvgIpc) is 1.59. The number of hydrogen-bond donors (Lipinski definition) is 0. The van der Waals surface area contributed by atoms with Crippen LogP contribution in [0.4, 0.5) is 0 Å². The highest BCUT2D eigenvalue weighted by Gasteiger charge is 2.42. The number of carbonyl (C=O) groups is 1. The van der Waals surface area contributed by atoms with Crippen molar-refractivity contribution in [3.05, 3.63) is 0 Å². The highest BCUT2D eigenvalue weighted by Crippen LogP contribution is 2.45. The van der Waals surface area contributed by atoms with Crippen molar-refractivity contribution >= 4 is 119 Å². The van der Waals surface area contributed by atoms with E-state index in [1.807, 2.05) is 90.4 Å². The van der Waals surface area contributed by atoms with E-state index < -0.39 is 1.78 Å². The zero-order valence-corrected chi connectivity index (χ0v) is 14.3. The summed E-state index contributed by atoms with van der Waals surface area (Å²) in [6, 6.07) is 0. The van der Waals surface area contributed by atoms with Gasteiger partial charge in [0.1, 0.15) is 0 Å². The minimum Gasteiger partial charge on any atom is -0.292 e. The molecule has 0 aromatic rings. The maximum Gasteiger partial charge on any atom is 0.214 e. The number of alkyl halides is 6. The lowest BCUT2D eigenvalue weighted by Gasteiger charge is -2.16. The van der Waals surface area contributed by atoms with Crippen LogP contribution in [0.3, 0.4) is 0 Å². The Labute approximate surface area is 123 Å². The summed E-state index contributed by atoms with van der Waals surface area (Å²) in [6.07, 6.45) is 0. The summed E-state index contributed by atoms with van der Waals surface area (Å²) in [5.74, 6) is -0.203. The Balaban J connectivity index is 4.40. The lowest BCUT2D eigenvalue weighted by Crippen LogP contribution is -2.29. The molecule has 0 amide bonds. The van der Waals surface area contributed by atoms with Crippen LogP contribution in [0.1, 0.15) is 0 Å². The Hall–Kier alpha value is 3.17. The third kappa shape index (κ3) is 5.02. The van der Waals surface area contributed by atoms with Crippen LogP contribution in [0.25, 0.3) is 0 Å². The summed E-state index contributed by atoms with van der Waals surface area (Å²) >= 11 is 18.7. The maximum atomic E-state index is 11.2. The SMILES string of the molecule is O=C(C(Cl)(I)I)C(Cl)(I)I. The van der Waals surface area contributed by atoms with Gasteiger partial charge in [0.2, 0.25) is 7.56 Å². The van der Waals surface area contributed by atoms with E-state index in [1.54, 1.807) is 0 Å². The van der Waals surface area contributed by atoms with Crippen LogP contribution in [0.5, 0.6) is 0 Å². The fraction of sp³-hybridized carbons (Fsp3) is 0.667. The van der Waals surface area contributed by atoms with Crippen LogP contribution in [0.2, 0.25) is 0 Å². The Morgan fingerprint density at radius 2 is 1.20 bits per heavy atom. The topological polar surface area (TPSA) is 17.1 Å². The second-order valence-corrected chi connectivity index (χ2v) is 15.6. The molecule has 0 aliphatic heterocycles. The highest BCUT2D eigenvalue weighted by molar-refractivity contribution is 14.2. The summed E-state index contributed by atoms with van der Waals surface area (Å²) < 4.78 is -1.86. The lowest BCUT2D eigenvalue weighted by atomic mass is 10.5. The molecular weight excluding hydrogens is 631 g/mol. The van der Waals surface area contributed by atoms with Gasteiger partial charge in [0, 0.05) is 0 Å². The van der Waals surface area contributed by atoms with Gasteiger partial charge in [-0.15, -0.1) is 0 Å². The summed E-state index contributed by atoms with van der Waals surface area (Å²) in [4.78, 5) is 11.2. The minimum atomic E-state index is -0.931. The fourth-order valence-electron chi connectivity index (χ4n) is 0.161. The van der Waals surface area contributed by atoms with Gasteiger partial charge in [-0.25, -0.2) is 0 Å². The van der Waals surface area contributed by atoms with Gasteiger partial charge in [0.05, 0.1) is 0 Å². The van der Waals surface area contributed by atoms with Gasteiger partial charge in [-0.2, -0.15) is 0 Å². The number of ketones is 1. The molecule has 0 spiro atoms. The summed E-state index contributed by atoms with van der Waals surface area (Å²) in [7, 11) is 0. The van der Waals surface area contributed by atoms with E-state index in [0.717, 1.165) is 0 Å². The molecule has 0 radical (unpaired) electrons. The molecule has 0 aromatic heterocycles. The maximum absolute atomic E-state index is 11.2. The van der Waals surface area contributed by atoms with Crippen LogP contribution >= 0.6 is 114 Å². The Morgan fingerprint density at radius 1 is 1.00 bits per heavy atom. The molecule has 0 saturated heterocycles. The number of Topliss-reactive ketones (excluding diaryl/α,β-unsaturated/α-hetero) is 1. The largest absolute Gasteiger partial charge is 0.292 e. The van der Waals surface area contributed by atoms with E-state index in [1.165, 1.54) is 0 Å². The van der Waals surface area contributed by atoms with Crippen LogP contribution in [-0.4, -0.2) is 7.56 Å². The first-order chi connectivity index (χ1) is 4.15. The van der Waals surface area contributed by atoms with E-state index in [4.69, 9.17) is 23.2 Å². The molecule has 0 N–H and O–H groups in total. The monoisotopic (exact) mass is 630 g/mol. The predicted octanol–water partition coefficient (Wildman–Crippen LogP) is 4.08. The summed E-state index contributed by atoms with van der Waals surface area (Å²) in [6.45, 7) is 0. The molecule has 0 bridgehead atoms. The van der Waals surface area contributed by atoms with Crippen LogP contribution in [-0.2, 0) is 4.79 Å². The molecule has 0 heterocycles. The van der Waals surface area contributed by atoms with Gasteiger partial charge < -0.3 is 0 Å². The minimum absolute atomic E-state index is 0.203. The molecule has 0 aliphatic carbocycles. The van der Waals surface area contributed by atoms with Crippen molar-refractivity contribution in [1.29, 1.82) is 0 Å². The smallest absolute Gasteiger partial charge is 0.214 e. The second kappa shape index (κ2) is 4.60. The number of rotatable bonds is 2. The lowest BCUT2D eigenvalue weighted by molar-refractivity contribution is -0.115. The summed E-state index contributed by atoms with van der Waals surface area (Å²) in [5.41, 5.74) is 0. The first kappa shape index (κ1) is 13.2. The molecule has 0 fully saturated rings. The fourth-order valence-corrected chi connectivity index (χ4v) is 4.81. The van der Waals surface area contributed by atoms with Gasteiger partial charge in [0.25, 0.3) is 0 Å². The van der Waals surface area contributed by atoms with E-state index in [-0.39, 0.29) is 5.78 Å². The average molecular weight is 631 g/mol. The van der Waals surface area contributed by atoms with Gasteiger partial charge in [-0.3, -0.25) is 4.79 Å². The van der Waals surface area contributed by atoms with Crippen molar-refractivity contribution < 1.29 is 4.79 Å². The van der Waals surface area contributed by atoms with Gasteiger partial charge in [-0.1, -0.05) is 23.2 Å². The normalized spacial score (nSPS) is 13.4. The van der Waals surface area contributed by atoms with Crippen molar-refractivity contribution in [2.24, 2.45) is 0 Å². The van der Waals surface area contributed by atoms with Crippen molar-refractivity contribution in [1.82, 2.24) is 0 Å². The Kier molecular flexibility index (Phi) is 6.06. The Bertz CT molecular complexity index is 130. The van der Waals surface area contributed by atoms with Crippen molar-refractivity contribution in [2.45, 2.75) is 1.78 Å². The molecule has 0 aliphatic rings. The highest BCUT2D eigenvalue weighted by atomic mass is 127. The van der Waals surface area contributed by atoms with Crippen molar-refractivity contribution in [3.8, 4) is 0 Å². The molecule has 0 unspecified atom stereocenters. The predicted molar refractivity (Wildman–Crippen MR) is 78.3 cm³/mol. The number of carbonyl (C=O) groups excluding carboxylic acids is 1. The zero-order valence-electron chi connectivity index (χ0n) is 4.18. The van der Waals surface area contributed by atoms with Gasteiger partial charge in [-0.05, 0) is 90.4 Å². The van der Waals surface area contributed by atoms with Crippen LogP contribution in [0, 0.1) is 0 Å². The molecule has 0 saturated carbocycles. The van der Waals surface area contributed by atoms with E-state index >= 15 is 0 Å². The molecule has 60 valence electrons. The van der Waals surface area contributed by atoms with Crippen LogP contribution in [0.15, 0.2) is 0 Å². The standard InChI is InChI=1S/C3Cl2I4O/c4-2(6,7)1(10)3(5,8)9. The second-order valence-electron chi connectivity index (χ2n) is 1.32. The van der Waals surface area contributed by atoms with Crippen molar-refractivity contribution in [3.63, 3.8) is 0 Å². The molecule has 1 nitrogen and oxygen atoms in total. The molecule has 7 heteroatoms. The quantitative estimate of drug-likeness (QED) is 0.332. The first-order valence-electron chi connectivity index (χ1n) is 1.84. The van der Waals surface area contributed by atoms with Crippen molar-refractivity contribution in [2.75, 3.05) is 0 Å². The molecular formula is C3Cl2I4O. The first-order valence-corrected chi connectivity index (χ1v) is 6.91. The molecule has 0 rings (SSSR count). The van der Waals surface area contributed by atoms with E-state index in [2.05, 4.69) is 0 Å². The van der Waals surface area contributed by atoms with Gasteiger partial charge >= 0.3 is 0 Å². The van der Waals surface area contributed by atoms with E-state index in [0.29, 0.717) is 0 Å².